The monoisotopic (exact) mass is 434 g/mol. The molecule has 2 aliphatic heterocycles. The van der Waals surface area contributed by atoms with E-state index in [-0.39, 0.29) is 24.3 Å². The molecule has 3 heterocycles. The number of fused-ring (bicyclic) bond motifs is 1. The van der Waals surface area contributed by atoms with E-state index < -0.39 is 5.92 Å². The molecule has 5 rings (SSSR count). The number of hydrogen-bond donors (Lipinski definition) is 2. The Kier molecular flexibility index (Phi) is 5.53. The van der Waals surface area contributed by atoms with Gasteiger partial charge in [-0.3, -0.25) is 9.59 Å². The molecule has 3 aromatic rings. The van der Waals surface area contributed by atoms with Crippen LogP contribution in [-0.2, 0) is 14.3 Å². The number of rotatable bonds is 6. The van der Waals surface area contributed by atoms with Crippen molar-refractivity contribution >= 4 is 34.2 Å². The zero-order valence-corrected chi connectivity index (χ0v) is 18.0. The Morgan fingerprint density at radius 1 is 1.31 bits per heavy atom. The van der Waals surface area contributed by atoms with Crippen LogP contribution in [0.3, 0.4) is 0 Å². The molecule has 0 saturated carbocycles. The van der Waals surface area contributed by atoms with Crippen LogP contribution >= 0.6 is 0 Å². The lowest BCUT2D eigenvalue weighted by Gasteiger charge is -2.20. The molecule has 2 amide bonds. The van der Waals surface area contributed by atoms with Crippen molar-refractivity contribution in [3.63, 3.8) is 0 Å². The fourth-order valence-electron chi connectivity index (χ4n) is 4.37. The predicted molar refractivity (Wildman–Crippen MR) is 121 cm³/mol. The summed E-state index contributed by atoms with van der Waals surface area (Å²) in [5, 5.41) is 2.96. The maximum absolute atomic E-state index is 12.9. The molecule has 2 fully saturated rings. The fourth-order valence-corrected chi connectivity index (χ4v) is 4.37. The second kappa shape index (κ2) is 8.63. The number of hydrogen-bond acceptors (Lipinski definition) is 5. The Morgan fingerprint density at radius 2 is 2.19 bits per heavy atom. The number of nitrogens with one attached hydrogen (secondary N) is 2. The summed E-state index contributed by atoms with van der Waals surface area (Å²) in [6, 6.07) is 13.0. The van der Waals surface area contributed by atoms with Crippen molar-refractivity contribution in [2.24, 2.45) is 5.92 Å². The maximum atomic E-state index is 12.9. The topological polar surface area (TPSA) is 96.5 Å². The number of para-hydroxylation sites is 2. The van der Waals surface area contributed by atoms with E-state index in [1.807, 2.05) is 49.4 Å². The third-order valence-corrected chi connectivity index (χ3v) is 5.95. The van der Waals surface area contributed by atoms with Crippen molar-refractivity contribution in [2.75, 3.05) is 30.0 Å². The van der Waals surface area contributed by atoms with E-state index in [0.29, 0.717) is 30.3 Å². The molecular formula is C24H26N4O4. The molecule has 2 atom stereocenters. The van der Waals surface area contributed by atoms with Crippen molar-refractivity contribution in [3.8, 4) is 5.75 Å². The van der Waals surface area contributed by atoms with Gasteiger partial charge < -0.3 is 24.7 Å². The molecule has 2 aliphatic rings. The third kappa shape index (κ3) is 3.93. The first kappa shape index (κ1) is 20.5. The molecule has 0 radical (unpaired) electrons. The highest BCUT2D eigenvalue weighted by Gasteiger charge is 2.36. The highest BCUT2D eigenvalue weighted by molar-refractivity contribution is 6.04. The predicted octanol–water partition coefficient (Wildman–Crippen LogP) is 3.80. The summed E-state index contributed by atoms with van der Waals surface area (Å²) in [7, 11) is 0. The van der Waals surface area contributed by atoms with E-state index in [1.165, 1.54) is 0 Å². The van der Waals surface area contributed by atoms with Crippen molar-refractivity contribution in [2.45, 2.75) is 32.3 Å². The molecule has 2 aromatic carbocycles. The van der Waals surface area contributed by atoms with E-state index in [2.05, 4.69) is 15.3 Å². The van der Waals surface area contributed by atoms with Gasteiger partial charge in [-0.05, 0) is 50.1 Å². The average molecular weight is 434 g/mol. The van der Waals surface area contributed by atoms with Crippen molar-refractivity contribution in [1.29, 1.82) is 0 Å². The van der Waals surface area contributed by atoms with Gasteiger partial charge in [-0.15, -0.1) is 0 Å². The number of H-pyrrole nitrogens is 1. The Bertz CT molecular complexity index is 1150. The first-order valence-electron chi connectivity index (χ1n) is 11.1. The average Bonchev–Trinajstić information content (AvgIpc) is 3.53. The van der Waals surface area contributed by atoms with Crippen LogP contribution < -0.4 is 15.0 Å². The molecule has 0 spiro atoms. The minimum absolute atomic E-state index is 0.00971. The van der Waals surface area contributed by atoms with Crippen LogP contribution in [0.15, 0.2) is 42.5 Å². The number of imidazole rings is 1. The summed E-state index contributed by atoms with van der Waals surface area (Å²) in [6.07, 6.45) is 2.18. The number of amides is 2. The lowest BCUT2D eigenvalue weighted by molar-refractivity contribution is -0.122. The molecule has 0 bridgehead atoms. The van der Waals surface area contributed by atoms with Gasteiger partial charge in [-0.1, -0.05) is 12.1 Å². The minimum atomic E-state index is -0.433. The number of aromatic nitrogens is 2. The molecule has 32 heavy (non-hydrogen) atoms. The quantitative estimate of drug-likeness (QED) is 0.615. The standard InChI is InChI=1S/C24H26N4O4/c1-2-31-20-7-4-3-6-19(20)28-14-15(12-22(28)29)24(30)25-16-9-10-17-18(13-16)27-23(26-17)21-8-5-11-32-21/h3-4,6-7,9-10,13,15,21H,2,5,8,11-12,14H2,1H3,(H,25,30)(H,26,27). The molecule has 2 N–H and O–H groups in total. The number of anilines is 2. The normalized spacial score (nSPS) is 20.8. The zero-order chi connectivity index (χ0) is 22.1. The smallest absolute Gasteiger partial charge is 0.229 e. The van der Waals surface area contributed by atoms with Gasteiger partial charge in [0, 0.05) is 25.3 Å². The summed E-state index contributed by atoms with van der Waals surface area (Å²) < 4.78 is 11.4. The number of nitrogens with zero attached hydrogens (tertiary/aromatic N) is 2. The first-order chi connectivity index (χ1) is 15.6. The highest BCUT2D eigenvalue weighted by atomic mass is 16.5. The largest absolute Gasteiger partial charge is 0.492 e. The van der Waals surface area contributed by atoms with E-state index in [4.69, 9.17) is 9.47 Å². The number of carbonyl (C=O) groups is 2. The Hall–Kier alpha value is -3.39. The van der Waals surface area contributed by atoms with Gasteiger partial charge in [0.1, 0.15) is 17.7 Å². The number of benzene rings is 2. The molecule has 166 valence electrons. The van der Waals surface area contributed by atoms with Crippen LogP contribution in [0.4, 0.5) is 11.4 Å². The molecule has 2 unspecified atom stereocenters. The summed E-state index contributed by atoms with van der Waals surface area (Å²) >= 11 is 0. The van der Waals surface area contributed by atoms with Crippen molar-refractivity contribution in [3.05, 3.63) is 48.3 Å². The lowest BCUT2D eigenvalue weighted by atomic mass is 10.1. The van der Waals surface area contributed by atoms with E-state index >= 15 is 0 Å². The first-order valence-corrected chi connectivity index (χ1v) is 11.1. The Balaban J connectivity index is 1.29. The lowest BCUT2D eigenvalue weighted by Crippen LogP contribution is -2.28. The van der Waals surface area contributed by atoms with E-state index in [9.17, 15) is 9.59 Å². The zero-order valence-electron chi connectivity index (χ0n) is 18.0. The molecular weight excluding hydrogens is 408 g/mol. The van der Waals surface area contributed by atoms with Crippen LogP contribution in [0, 0.1) is 5.92 Å². The summed E-state index contributed by atoms with van der Waals surface area (Å²) in [5.41, 5.74) is 3.06. The van der Waals surface area contributed by atoms with Gasteiger partial charge in [0.25, 0.3) is 0 Å². The van der Waals surface area contributed by atoms with Gasteiger partial charge >= 0.3 is 0 Å². The van der Waals surface area contributed by atoms with Gasteiger partial charge in [-0.25, -0.2) is 4.98 Å². The number of ether oxygens (including phenoxy) is 2. The second-order valence-electron chi connectivity index (χ2n) is 8.15. The second-order valence-corrected chi connectivity index (χ2v) is 8.15. The van der Waals surface area contributed by atoms with Crippen LogP contribution in [0.1, 0.15) is 38.1 Å². The van der Waals surface area contributed by atoms with Gasteiger partial charge in [-0.2, -0.15) is 0 Å². The summed E-state index contributed by atoms with van der Waals surface area (Å²) in [5.74, 6) is 0.787. The maximum Gasteiger partial charge on any atom is 0.229 e. The van der Waals surface area contributed by atoms with Gasteiger partial charge in [0.15, 0.2) is 0 Å². The highest BCUT2D eigenvalue weighted by Crippen LogP contribution is 2.34. The number of carbonyl (C=O) groups excluding carboxylic acids is 2. The Labute approximate surface area is 185 Å². The fraction of sp³-hybridized carbons (Fsp3) is 0.375. The third-order valence-electron chi connectivity index (χ3n) is 5.95. The van der Waals surface area contributed by atoms with Crippen LogP contribution in [0.25, 0.3) is 11.0 Å². The molecule has 1 aromatic heterocycles. The molecule has 0 aliphatic carbocycles. The minimum Gasteiger partial charge on any atom is -0.492 e. The molecule has 8 heteroatoms. The van der Waals surface area contributed by atoms with Crippen molar-refractivity contribution < 1.29 is 19.1 Å². The van der Waals surface area contributed by atoms with Gasteiger partial charge in [0.2, 0.25) is 11.8 Å². The van der Waals surface area contributed by atoms with E-state index in [0.717, 1.165) is 36.3 Å². The molecule has 2 saturated heterocycles. The van der Waals surface area contributed by atoms with Crippen molar-refractivity contribution in [1.82, 2.24) is 9.97 Å². The molecule has 8 nitrogen and oxygen atoms in total. The van der Waals surface area contributed by atoms with Crippen LogP contribution in [-0.4, -0.2) is 41.5 Å². The SMILES string of the molecule is CCOc1ccccc1N1CC(C(=O)Nc2ccc3nc(C4CCCO4)[nH]c3c2)CC1=O. The van der Waals surface area contributed by atoms with Gasteiger partial charge in [0.05, 0.1) is 29.2 Å². The summed E-state index contributed by atoms with van der Waals surface area (Å²) in [4.78, 5) is 35.2. The Morgan fingerprint density at radius 3 is 3.00 bits per heavy atom. The van der Waals surface area contributed by atoms with E-state index in [1.54, 1.807) is 4.90 Å². The van der Waals surface area contributed by atoms with Crippen LogP contribution in [0.5, 0.6) is 5.75 Å². The summed E-state index contributed by atoms with van der Waals surface area (Å²) in [6.45, 7) is 3.49. The van der Waals surface area contributed by atoms with Crippen LogP contribution in [0.2, 0.25) is 0 Å². The number of aromatic amines is 1.